The number of hydrogen-bond acceptors (Lipinski definition) is 4. The lowest BCUT2D eigenvalue weighted by molar-refractivity contribution is -0.904. The van der Waals surface area contributed by atoms with Gasteiger partial charge in [0.1, 0.15) is 12.3 Å². The van der Waals surface area contributed by atoms with E-state index in [0.29, 0.717) is 36.4 Å². The highest BCUT2D eigenvalue weighted by Gasteiger charge is 2.15. The Kier molecular flexibility index (Phi) is 6.39. The van der Waals surface area contributed by atoms with Crippen LogP contribution < -0.4 is 20.5 Å². The van der Waals surface area contributed by atoms with Gasteiger partial charge in [-0.15, -0.1) is 0 Å². The molecule has 0 saturated carbocycles. The fraction of sp³-hybridized carbons (Fsp3) is 0.286. The summed E-state index contributed by atoms with van der Waals surface area (Å²) >= 11 is 0. The number of ether oxygens (including phenoxy) is 1. The van der Waals surface area contributed by atoms with Crippen LogP contribution in [0.5, 0.6) is 5.75 Å². The van der Waals surface area contributed by atoms with Gasteiger partial charge in [0.25, 0.3) is 11.5 Å². The molecule has 0 bridgehead atoms. The molecule has 1 amide bonds. The predicted octanol–water partition coefficient (Wildman–Crippen LogP) is 0.653. The molecule has 0 fully saturated rings. The van der Waals surface area contributed by atoms with Crippen LogP contribution in [0, 0.1) is 0 Å². The molecule has 1 heterocycles. The number of carbonyl (C=O) groups is 1. The Morgan fingerprint density at radius 1 is 1.18 bits per heavy atom. The normalized spacial score (nSPS) is 11.9. The van der Waals surface area contributed by atoms with Crippen LogP contribution >= 0.6 is 0 Å². The molecule has 3 rings (SSSR count). The summed E-state index contributed by atoms with van der Waals surface area (Å²) in [6.07, 6.45) is 0. The Hall–Kier alpha value is -3.19. The maximum atomic E-state index is 12.4. The summed E-state index contributed by atoms with van der Waals surface area (Å²) < 4.78 is 5.31. The number of amides is 1. The first-order chi connectivity index (χ1) is 13.6. The van der Waals surface area contributed by atoms with E-state index in [4.69, 9.17) is 4.74 Å². The maximum absolute atomic E-state index is 12.4. The van der Waals surface area contributed by atoms with Crippen LogP contribution in [0.15, 0.2) is 53.3 Å². The van der Waals surface area contributed by atoms with Crippen LogP contribution in [0.4, 0.5) is 0 Å². The monoisotopic (exact) mass is 381 g/mol. The number of carbonyl (C=O) groups excluding carboxylic acids is 1. The molecule has 0 radical (unpaired) electrons. The third kappa shape index (κ3) is 4.75. The van der Waals surface area contributed by atoms with E-state index in [1.165, 1.54) is 0 Å². The molecule has 0 aliphatic rings. The molecule has 0 saturated heterocycles. The summed E-state index contributed by atoms with van der Waals surface area (Å²) in [5, 5.41) is 3.50. The number of benzene rings is 2. The van der Waals surface area contributed by atoms with Crippen molar-refractivity contribution in [1.82, 2.24) is 15.3 Å². The molecule has 0 aliphatic heterocycles. The van der Waals surface area contributed by atoms with E-state index in [-0.39, 0.29) is 11.5 Å². The smallest absolute Gasteiger partial charge is 0.275 e. The Labute approximate surface area is 163 Å². The number of H-pyrrole nitrogens is 1. The first-order valence-electron chi connectivity index (χ1n) is 9.30. The highest BCUT2D eigenvalue weighted by molar-refractivity contribution is 5.77. The van der Waals surface area contributed by atoms with E-state index in [9.17, 15) is 9.59 Å². The highest BCUT2D eigenvalue weighted by atomic mass is 16.5. The van der Waals surface area contributed by atoms with Crippen molar-refractivity contribution in [2.45, 2.75) is 20.0 Å². The van der Waals surface area contributed by atoms with Crippen molar-refractivity contribution in [3.05, 3.63) is 70.3 Å². The number of rotatable bonds is 8. The number of aromatic amines is 1. The summed E-state index contributed by atoms with van der Waals surface area (Å²) in [5.41, 5.74) is 1.44. The average Bonchev–Trinajstić information content (AvgIpc) is 2.72. The second-order valence-corrected chi connectivity index (χ2v) is 6.58. The molecule has 1 atom stereocenters. The molecule has 28 heavy (non-hydrogen) atoms. The van der Waals surface area contributed by atoms with E-state index in [2.05, 4.69) is 15.3 Å². The van der Waals surface area contributed by atoms with Gasteiger partial charge in [0.15, 0.2) is 12.4 Å². The van der Waals surface area contributed by atoms with Crippen molar-refractivity contribution in [2.75, 3.05) is 20.2 Å². The molecule has 0 spiro atoms. The number of nitrogens with one attached hydrogen (secondary N) is 3. The van der Waals surface area contributed by atoms with Crippen LogP contribution in [0.2, 0.25) is 0 Å². The van der Waals surface area contributed by atoms with Gasteiger partial charge in [-0.3, -0.25) is 9.59 Å². The Balaban J connectivity index is 1.62. The van der Waals surface area contributed by atoms with Crippen molar-refractivity contribution >= 4 is 16.8 Å². The van der Waals surface area contributed by atoms with Crippen LogP contribution in [-0.2, 0) is 17.9 Å². The molecule has 1 aromatic heterocycles. The van der Waals surface area contributed by atoms with E-state index < -0.39 is 0 Å². The van der Waals surface area contributed by atoms with Gasteiger partial charge in [-0.25, -0.2) is 4.98 Å². The second kappa shape index (κ2) is 9.14. The molecular weight excluding hydrogens is 356 g/mol. The average molecular weight is 381 g/mol. The fourth-order valence-corrected chi connectivity index (χ4v) is 3.10. The molecule has 7 heteroatoms. The van der Waals surface area contributed by atoms with Crippen LogP contribution in [0.25, 0.3) is 10.9 Å². The third-order valence-electron chi connectivity index (χ3n) is 4.66. The van der Waals surface area contributed by atoms with Crippen molar-refractivity contribution < 1.29 is 14.4 Å². The van der Waals surface area contributed by atoms with Gasteiger partial charge in [0, 0.05) is 12.1 Å². The largest absolute Gasteiger partial charge is 0.496 e. The molecule has 3 N–H and O–H groups in total. The number of likely N-dealkylation sites (N-methyl/N-ethyl adjacent to an activating group) is 1. The molecular formula is C21H25N4O3+. The minimum Gasteiger partial charge on any atom is -0.496 e. The molecule has 146 valence electrons. The van der Waals surface area contributed by atoms with Crippen LogP contribution in [-0.4, -0.2) is 36.1 Å². The summed E-state index contributed by atoms with van der Waals surface area (Å²) in [4.78, 5) is 33.0. The molecule has 3 aromatic rings. The highest BCUT2D eigenvalue weighted by Crippen LogP contribution is 2.16. The molecule has 1 unspecified atom stereocenters. The first-order valence-corrected chi connectivity index (χ1v) is 9.30. The number of methoxy groups -OCH3 is 1. The number of para-hydroxylation sites is 2. The third-order valence-corrected chi connectivity index (χ3v) is 4.66. The zero-order chi connectivity index (χ0) is 19.9. The van der Waals surface area contributed by atoms with Gasteiger partial charge in [-0.05, 0) is 25.1 Å². The standard InChI is InChI=1S/C21H24N4O3/c1-3-25(13-19-23-17-10-6-5-9-16(17)21(27)24-19)14-20(26)22-12-15-8-4-7-11-18(15)28-2/h4-11H,3,12-14H2,1-2H3,(H,22,26)(H,23,24,27)/p+1. The van der Waals surface area contributed by atoms with E-state index in [1.807, 2.05) is 49.4 Å². The van der Waals surface area contributed by atoms with Crippen LogP contribution in [0.3, 0.4) is 0 Å². The number of quaternary nitrogens is 1. The minimum absolute atomic E-state index is 0.0640. The zero-order valence-electron chi connectivity index (χ0n) is 16.1. The molecule has 7 nitrogen and oxygen atoms in total. The van der Waals surface area contributed by atoms with E-state index in [1.54, 1.807) is 13.2 Å². The lowest BCUT2D eigenvalue weighted by Gasteiger charge is -2.17. The summed E-state index contributed by atoms with van der Waals surface area (Å²) in [6, 6.07) is 14.8. The summed E-state index contributed by atoms with van der Waals surface area (Å²) in [6.45, 7) is 3.91. The van der Waals surface area contributed by atoms with E-state index >= 15 is 0 Å². The number of aromatic nitrogens is 2. The Bertz CT molecular complexity index is 1020. The maximum Gasteiger partial charge on any atom is 0.275 e. The van der Waals surface area contributed by atoms with Gasteiger partial charge in [0.2, 0.25) is 0 Å². The number of hydrogen-bond donors (Lipinski definition) is 3. The number of fused-ring (bicyclic) bond motifs is 1. The van der Waals surface area contributed by atoms with Gasteiger partial charge in [-0.1, -0.05) is 30.3 Å². The Morgan fingerprint density at radius 3 is 2.71 bits per heavy atom. The van der Waals surface area contributed by atoms with Gasteiger partial charge >= 0.3 is 0 Å². The number of nitrogens with zero attached hydrogens (tertiary/aromatic N) is 1. The van der Waals surface area contributed by atoms with Crippen LogP contribution in [0.1, 0.15) is 18.3 Å². The van der Waals surface area contributed by atoms with Gasteiger partial charge in [-0.2, -0.15) is 0 Å². The topological polar surface area (TPSA) is 88.5 Å². The van der Waals surface area contributed by atoms with Crippen molar-refractivity contribution in [3.63, 3.8) is 0 Å². The molecule has 2 aromatic carbocycles. The second-order valence-electron chi connectivity index (χ2n) is 6.58. The van der Waals surface area contributed by atoms with Gasteiger partial charge in [0.05, 0.1) is 24.6 Å². The fourth-order valence-electron chi connectivity index (χ4n) is 3.10. The lowest BCUT2D eigenvalue weighted by Crippen LogP contribution is -3.11. The van der Waals surface area contributed by atoms with Gasteiger partial charge < -0.3 is 19.9 Å². The lowest BCUT2D eigenvalue weighted by atomic mass is 10.2. The predicted molar refractivity (Wildman–Crippen MR) is 107 cm³/mol. The molecule has 0 aliphatic carbocycles. The zero-order valence-corrected chi connectivity index (χ0v) is 16.1. The van der Waals surface area contributed by atoms with Crippen molar-refractivity contribution in [1.29, 1.82) is 0 Å². The first kappa shape index (κ1) is 19.6. The van der Waals surface area contributed by atoms with Crippen molar-refractivity contribution in [3.8, 4) is 5.75 Å². The Morgan fingerprint density at radius 2 is 1.93 bits per heavy atom. The SMILES string of the molecule is CC[NH+](CC(=O)NCc1ccccc1OC)Cc1nc2ccccc2c(=O)[nH]1. The quantitative estimate of drug-likeness (QED) is 0.535. The van der Waals surface area contributed by atoms with E-state index in [0.717, 1.165) is 22.8 Å². The summed E-state index contributed by atoms with van der Waals surface area (Å²) in [7, 11) is 1.61. The minimum atomic E-state index is -0.156. The van der Waals surface area contributed by atoms with Crippen molar-refractivity contribution in [2.24, 2.45) is 0 Å². The summed E-state index contributed by atoms with van der Waals surface area (Å²) in [5.74, 6) is 1.27.